The molecular weight excluding hydrogens is 240 g/mol. The topological polar surface area (TPSA) is 50.4 Å². The van der Waals surface area contributed by atoms with Crippen molar-refractivity contribution in [2.75, 3.05) is 33.4 Å². The SMILES string of the molecule is COCCNCC(=O)NCCC1CCCC1.Cl. The molecule has 1 aliphatic carbocycles. The van der Waals surface area contributed by atoms with Gasteiger partial charge in [-0.2, -0.15) is 0 Å². The van der Waals surface area contributed by atoms with Crippen LogP contribution in [0.15, 0.2) is 0 Å². The number of amides is 1. The number of hydrogen-bond acceptors (Lipinski definition) is 3. The molecule has 0 aromatic carbocycles. The molecule has 1 aliphatic rings. The minimum absolute atomic E-state index is 0. The third kappa shape index (κ3) is 8.41. The Kier molecular flexibility index (Phi) is 10.6. The second-order valence-corrected chi connectivity index (χ2v) is 4.46. The number of carbonyl (C=O) groups excluding carboxylic acids is 1. The Bertz CT molecular complexity index is 197. The minimum atomic E-state index is 0. The number of carbonyl (C=O) groups is 1. The van der Waals surface area contributed by atoms with Crippen molar-refractivity contribution in [2.45, 2.75) is 32.1 Å². The first-order valence-electron chi connectivity index (χ1n) is 6.29. The second kappa shape index (κ2) is 10.8. The highest BCUT2D eigenvalue weighted by Crippen LogP contribution is 2.26. The Balaban J connectivity index is 0.00000256. The molecule has 0 saturated heterocycles. The lowest BCUT2D eigenvalue weighted by atomic mass is 10.0. The zero-order valence-corrected chi connectivity index (χ0v) is 11.5. The van der Waals surface area contributed by atoms with Crippen LogP contribution in [-0.2, 0) is 9.53 Å². The van der Waals surface area contributed by atoms with Crippen LogP contribution in [0.5, 0.6) is 0 Å². The van der Waals surface area contributed by atoms with Crippen molar-refractivity contribution in [3.05, 3.63) is 0 Å². The first-order chi connectivity index (χ1) is 7.83. The normalized spacial score (nSPS) is 15.6. The fourth-order valence-corrected chi connectivity index (χ4v) is 2.15. The fourth-order valence-electron chi connectivity index (χ4n) is 2.15. The summed E-state index contributed by atoms with van der Waals surface area (Å²) >= 11 is 0. The van der Waals surface area contributed by atoms with Crippen LogP contribution < -0.4 is 10.6 Å². The van der Waals surface area contributed by atoms with Gasteiger partial charge in [-0.25, -0.2) is 0 Å². The van der Waals surface area contributed by atoms with Crippen LogP contribution in [0.25, 0.3) is 0 Å². The first-order valence-corrected chi connectivity index (χ1v) is 6.29. The van der Waals surface area contributed by atoms with E-state index in [1.807, 2.05) is 0 Å². The van der Waals surface area contributed by atoms with Gasteiger partial charge in [0.2, 0.25) is 5.91 Å². The summed E-state index contributed by atoms with van der Waals surface area (Å²) in [6.45, 7) is 2.60. The molecule has 2 N–H and O–H groups in total. The summed E-state index contributed by atoms with van der Waals surface area (Å²) in [5, 5.41) is 5.97. The van der Waals surface area contributed by atoms with Gasteiger partial charge in [0.05, 0.1) is 13.2 Å². The van der Waals surface area contributed by atoms with E-state index >= 15 is 0 Å². The number of rotatable bonds is 8. The van der Waals surface area contributed by atoms with Crippen molar-refractivity contribution in [3.63, 3.8) is 0 Å². The van der Waals surface area contributed by atoms with E-state index in [-0.39, 0.29) is 18.3 Å². The summed E-state index contributed by atoms with van der Waals surface area (Å²) in [7, 11) is 1.66. The third-order valence-electron chi connectivity index (χ3n) is 3.12. The number of hydrogen-bond donors (Lipinski definition) is 2. The van der Waals surface area contributed by atoms with Gasteiger partial charge in [0.1, 0.15) is 0 Å². The molecule has 1 amide bonds. The lowest BCUT2D eigenvalue weighted by Gasteiger charge is -2.10. The Morgan fingerprint density at radius 2 is 2.00 bits per heavy atom. The van der Waals surface area contributed by atoms with Crippen molar-refractivity contribution in [2.24, 2.45) is 5.92 Å². The molecule has 0 aliphatic heterocycles. The van der Waals surface area contributed by atoms with E-state index in [0.717, 1.165) is 25.4 Å². The molecule has 1 saturated carbocycles. The molecule has 1 fully saturated rings. The maximum atomic E-state index is 11.4. The standard InChI is InChI=1S/C12H24N2O2.ClH/c1-16-9-8-13-10-12(15)14-7-6-11-4-2-3-5-11;/h11,13H,2-10H2,1H3,(H,14,15);1H. The second-order valence-electron chi connectivity index (χ2n) is 4.46. The molecule has 17 heavy (non-hydrogen) atoms. The van der Waals surface area contributed by atoms with Crippen LogP contribution in [0.2, 0.25) is 0 Å². The van der Waals surface area contributed by atoms with E-state index in [1.54, 1.807) is 7.11 Å². The van der Waals surface area contributed by atoms with Gasteiger partial charge in [-0.3, -0.25) is 4.79 Å². The van der Waals surface area contributed by atoms with E-state index in [0.29, 0.717) is 13.2 Å². The molecule has 0 aromatic heterocycles. The highest BCUT2D eigenvalue weighted by molar-refractivity contribution is 5.85. The number of halogens is 1. The summed E-state index contributed by atoms with van der Waals surface area (Å²) in [6, 6.07) is 0. The zero-order chi connectivity index (χ0) is 11.6. The molecule has 0 aromatic rings. The maximum absolute atomic E-state index is 11.4. The number of nitrogens with one attached hydrogen (secondary N) is 2. The van der Waals surface area contributed by atoms with Crippen LogP contribution >= 0.6 is 12.4 Å². The molecule has 0 bridgehead atoms. The van der Waals surface area contributed by atoms with Crippen molar-refractivity contribution in [1.29, 1.82) is 0 Å². The quantitative estimate of drug-likeness (QED) is 0.651. The summed E-state index contributed by atoms with van der Waals surface area (Å²) in [4.78, 5) is 11.4. The predicted octanol–water partition coefficient (Wildman–Crippen LogP) is 1.34. The van der Waals surface area contributed by atoms with E-state index in [4.69, 9.17) is 4.74 Å². The van der Waals surface area contributed by atoms with E-state index in [1.165, 1.54) is 25.7 Å². The molecular formula is C12H25ClN2O2. The van der Waals surface area contributed by atoms with Gasteiger partial charge in [-0.05, 0) is 12.3 Å². The smallest absolute Gasteiger partial charge is 0.233 e. The van der Waals surface area contributed by atoms with Crippen molar-refractivity contribution in [3.8, 4) is 0 Å². The van der Waals surface area contributed by atoms with E-state index in [2.05, 4.69) is 10.6 Å². The Morgan fingerprint density at radius 3 is 2.65 bits per heavy atom. The summed E-state index contributed by atoms with van der Waals surface area (Å²) in [5.41, 5.74) is 0. The third-order valence-corrected chi connectivity index (χ3v) is 3.12. The van der Waals surface area contributed by atoms with Gasteiger partial charge >= 0.3 is 0 Å². The maximum Gasteiger partial charge on any atom is 0.233 e. The van der Waals surface area contributed by atoms with Crippen molar-refractivity contribution < 1.29 is 9.53 Å². The molecule has 0 radical (unpaired) electrons. The molecule has 0 heterocycles. The van der Waals surface area contributed by atoms with Crippen LogP contribution in [0.3, 0.4) is 0 Å². The van der Waals surface area contributed by atoms with E-state index in [9.17, 15) is 4.79 Å². The Labute approximate surface area is 110 Å². The van der Waals surface area contributed by atoms with Crippen LogP contribution in [0.1, 0.15) is 32.1 Å². The largest absolute Gasteiger partial charge is 0.383 e. The van der Waals surface area contributed by atoms with Gasteiger partial charge in [0.15, 0.2) is 0 Å². The molecule has 4 nitrogen and oxygen atoms in total. The summed E-state index contributed by atoms with van der Waals surface area (Å²) in [5.74, 6) is 0.941. The Hall–Kier alpha value is -0.320. The molecule has 0 spiro atoms. The van der Waals surface area contributed by atoms with Gasteiger partial charge in [0.25, 0.3) is 0 Å². The fraction of sp³-hybridized carbons (Fsp3) is 0.917. The summed E-state index contributed by atoms with van der Waals surface area (Å²) < 4.78 is 4.88. The van der Waals surface area contributed by atoms with Crippen LogP contribution in [-0.4, -0.2) is 39.3 Å². The van der Waals surface area contributed by atoms with E-state index < -0.39 is 0 Å². The average Bonchev–Trinajstić information content (AvgIpc) is 2.77. The van der Waals surface area contributed by atoms with Crippen molar-refractivity contribution in [1.82, 2.24) is 10.6 Å². The van der Waals surface area contributed by atoms with Gasteiger partial charge in [0, 0.05) is 20.2 Å². The van der Waals surface area contributed by atoms with Crippen LogP contribution in [0.4, 0.5) is 0 Å². The highest BCUT2D eigenvalue weighted by atomic mass is 35.5. The molecule has 0 unspecified atom stereocenters. The molecule has 102 valence electrons. The first kappa shape index (κ1) is 16.7. The molecule has 5 heteroatoms. The number of methoxy groups -OCH3 is 1. The lowest BCUT2D eigenvalue weighted by Crippen LogP contribution is -2.36. The highest BCUT2D eigenvalue weighted by Gasteiger charge is 2.14. The molecule has 0 atom stereocenters. The zero-order valence-electron chi connectivity index (χ0n) is 10.7. The average molecular weight is 265 g/mol. The Morgan fingerprint density at radius 1 is 1.29 bits per heavy atom. The number of ether oxygens (including phenoxy) is 1. The lowest BCUT2D eigenvalue weighted by molar-refractivity contribution is -0.120. The monoisotopic (exact) mass is 264 g/mol. The minimum Gasteiger partial charge on any atom is -0.383 e. The summed E-state index contributed by atoms with van der Waals surface area (Å²) in [6.07, 6.45) is 6.59. The van der Waals surface area contributed by atoms with Crippen molar-refractivity contribution >= 4 is 18.3 Å². The van der Waals surface area contributed by atoms with Gasteiger partial charge < -0.3 is 15.4 Å². The molecule has 1 rings (SSSR count). The predicted molar refractivity (Wildman–Crippen MR) is 71.6 cm³/mol. The van der Waals surface area contributed by atoms with Crippen LogP contribution in [0, 0.1) is 5.92 Å². The van der Waals surface area contributed by atoms with Gasteiger partial charge in [-0.15, -0.1) is 12.4 Å². The van der Waals surface area contributed by atoms with Gasteiger partial charge in [-0.1, -0.05) is 25.7 Å².